The van der Waals surface area contributed by atoms with Crippen molar-refractivity contribution in [2.45, 2.75) is 18.0 Å². The molecular weight excluding hydrogens is 493 g/mol. The molecule has 0 aliphatic carbocycles. The summed E-state index contributed by atoms with van der Waals surface area (Å²) >= 11 is 5.85. The van der Waals surface area contributed by atoms with Crippen LogP contribution in [0.4, 0.5) is 24.5 Å². The predicted molar refractivity (Wildman–Crippen MR) is 124 cm³/mol. The molecule has 0 saturated carbocycles. The van der Waals surface area contributed by atoms with Crippen molar-refractivity contribution in [3.8, 4) is 5.75 Å². The SMILES string of the molecule is CCOc1ccc(N(CC(=O)Nc2ccccc2C(F)(F)F)S(=O)(=O)c2ccc(Cl)cc2)cc1. The van der Waals surface area contributed by atoms with Crippen LogP contribution >= 0.6 is 11.6 Å². The van der Waals surface area contributed by atoms with Gasteiger partial charge in [-0.2, -0.15) is 13.2 Å². The topological polar surface area (TPSA) is 75.7 Å². The van der Waals surface area contributed by atoms with Crippen molar-refractivity contribution in [2.24, 2.45) is 0 Å². The summed E-state index contributed by atoms with van der Waals surface area (Å²) in [7, 11) is -4.27. The summed E-state index contributed by atoms with van der Waals surface area (Å²) in [5.41, 5.74) is -1.40. The lowest BCUT2D eigenvalue weighted by Gasteiger charge is -2.24. The quantitative estimate of drug-likeness (QED) is 0.427. The van der Waals surface area contributed by atoms with Crippen molar-refractivity contribution in [1.82, 2.24) is 0 Å². The molecule has 0 fully saturated rings. The van der Waals surface area contributed by atoms with E-state index in [-0.39, 0.29) is 10.6 Å². The number of para-hydroxylation sites is 1. The molecule has 0 aromatic heterocycles. The fraction of sp³-hybridized carbons (Fsp3) is 0.174. The summed E-state index contributed by atoms with van der Waals surface area (Å²) in [6.07, 6.45) is -4.70. The molecule has 1 N–H and O–H groups in total. The molecule has 180 valence electrons. The zero-order chi connectivity index (χ0) is 24.9. The second kappa shape index (κ2) is 10.4. The van der Waals surface area contributed by atoms with Crippen LogP contribution in [0.3, 0.4) is 0 Å². The zero-order valence-electron chi connectivity index (χ0n) is 17.8. The van der Waals surface area contributed by atoms with E-state index in [9.17, 15) is 26.4 Å². The number of sulfonamides is 1. The molecule has 0 heterocycles. The van der Waals surface area contributed by atoms with E-state index in [4.69, 9.17) is 16.3 Å². The molecule has 0 spiro atoms. The molecule has 0 unspecified atom stereocenters. The Morgan fingerprint density at radius 1 is 1.00 bits per heavy atom. The summed E-state index contributed by atoms with van der Waals surface area (Å²) in [6, 6.07) is 15.7. The molecule has 1 amide bonds. The fourth-order valence-electron chi connectivity index (χ4n) is 3.08. The highest BCUT2D eigenvalue weighted by atomic mass is 35.5. The van der Waals surface area contributed by atoms with E-state index in [1.807, 2.05) is 0 Å². The molecule has 0 saturated heterocycles. The van der Waals surface area contributed by atoms with Crippen LogP contribution in [0, 0.1) is 0 Å². The first kappa shape index (κ1) is 25.4. The fourth-order valence-corrected chi connectivity index (χ4v) is 4.63. The summed E-state index contributed by atoms with van der Waals surface area (Å²) in [6.45, 7) is 1.41. The standard InChI is InChI=1S/C23H20ClF3N2O4S/c1-2-33-18-11-9-17(10-12-18)29(34(31,32)19-13-7-16(24)8-14-19)15-22(30)28-21-6-4-3-5-20(21)23(25,26)27/h3-14H,2,15H2,1H3,(H,28,30). The van der Waals surface area contributed by atoms with E-state index in [2.05, 4.69) is 5.32 Å². The molecule has 0 atom stereocenters. The van der Waals surface area contributed by atoms with Gasteiger partial charge in [-0.1, -0.05) is 23.7 Å². The third-order valence-electron chi connectivity index (χ3n) is 4.63. The maximum atomic E-state index is 13.4. The Kier molecular flexibility index (Phi) is 7.73. The molecule has 6 nitrogen and oxygen atoms in total. The van der Waals surface area contributed by atoms with Crippen LogP contribution in [0.2, 0.25) is 5.02 Å². The van der Waals surface area contributed by atoms with Gasteiger partial charge in [0.25, 0.3) is 10.0 Å². The highest BCUT2D eigenvalue weighted by molar-refractivity contribution is 7.92. The van der Waals surface area contributed by atoms with Gasteiger partial charge < -0.3 is 10.1 Å². The molecule has 3 rings (SSSR count). The van der Waals surface area contributed by atoms with Crippen LogP contribution in [0.5, 0.6) is 5.75 Å². The number of hydrogen-bond donors (Lipinski definition) is 1. The lowest BCUT2D eigenvalue weighted by Crippen LogP contribution is -2.38. The number of ether oxygens (including phenoxy) is 1. The third kappa shape index (κ3) is 6.00. The first-order chi connectivity index (χ1) is 16.0. The van der Waals surface area contributed by atoms with Gasteiger partial charge in [-0.25, -0.2) is 8.42 Å². The van der Waals surface area contributed by atoms with Gasteiger partial charge in [0.05, 0.1) is 28.4 Å². The first-order valence-electron chi connectivity index (χ1n) is 9.99. The van der Waals surface area contributed by atoms with Crippen molar-refractivity contribution >= 4 is 38.9 Å². The average molecular weight is 513 g/mol. The monoisotopic (exact) mass is 512 g/mol. The van der Waals surface area contributed by atoms with Crippen molar-refractivity contribution in [3.05, 3.63) is 83.4 Å². The molecule has 3 aromatic carbocycles. The normalized spacial score (nSPS) is 11.7. The summed E-state index contributed by atoms with van der Waals surface area (Å²) in [4.78, 5) is 12.6. The highest BCUT2D eigenvalue weighted by Crippen LogP contribution is 2.34. The minimum atomic E-state index is -4.70. The van der Waals surface area contributed by atoms with Crippen molar-refractivity contribution in [1.29, 1.82) is 0 Å². The second-order valence-corrected chi connectivity index (χ2v) is 9.28. The maximum absolute atomic E-state index is 13.4. The largest absolute Gasteiger partial charge is 0.494 e. The predicted octanol–water partition coefficient (Wildman–Crippen LogP) is 5.59. The second-order valence-electron chi connectivity index (χ2n) is 6.98. The van der Waals surface area contributed by atoms with Crippen LogP contribution in [0.1, 0.15) is 12.5 Å². The van der Waals surface area contributed by atoms with Crippen molar-refractivity contribution in [3.63, 3.8) is 0 Å². The zero-order valence-corrected chi connectivity index (χ0v) is 19.4. The van der Waals surface area contributed by atoms with Gasteiger partial charge in [-0.05, 0) is 67.6 Å². The Hall–Kier alpha value is -3.24. The van der Waals surface area contributed by atoms with E-state index < -0.39 is 39.9 Å². The number of carbonyl (C=O) groups is 1. The Bertz CT molecular complexity index is 1250. The number of halogens is 4. The number of anilines is 2. The van der Waals surface area contributed by atoms with Crippen LogP contribution in [0.15, 0.2) is 77.7 Å². The molecule has 0 aliphatic rings. The lowest BCUT2D eigenvalue weighted by molar-refractivity contribution is -0.137. The molecular formula is C23H20ClF3N2O4S. The van der Waals surface area contributed by atoms with Gasteiger partial charge >= 0.3 is 6.18 Å². The van der Waals surface area contributed by atoms with Crippen LogP contribution < -0.4 is 14.4 Å². The van der Waals surface area contributed by atoms with Gasteiger partial charge in [0, 0.05) is 5.02 Å². The summed E-state index contributed by atoms with van der Waals surface area (Å²) < 4.78 is 72.8. The number of hydrogen-bond acceptors (Lipinski definition) is 4. The molecule has 3 aromatic rings. The van der Waals surface area contributed by atoms with E-state index >= 15 is 0 Å². The summed E-state index contributed by atoms with van der Waals surface area (Å²) in [5, 5.41) is 2.48. The highest BCUT2D eigenvalue weighted by Gasteiger charge is 2.34. The number of amides is 1. The van der Waals surface area contributed by atoms with Gasteiger partial charge in [-0.3, -0.25) is 9.10 Å². The number of alkyl halides is 3. The Morgan fingerprint density at radius 3 is 2.21 bits per heavy atom. The molecule has 11 heteroatoms. The van der Waals surface area contributed by atoms with Crippen molar-refractivity contribution < 1.29 is 31.1 Å². The van der Waals surface area contributed by atoms with Crippen LogP contribution in [-0.2, 0) is 21.0 Å². The first-order valence-corrected chi connectivity index (χ1v) is 11.8. The van der Waals surface area contributed by atoms with Crippen LogP contribution in [-0.4, -0.2) is 27.5 Å². The molecule has 0 aliphatic heterocycles. The number of benzene rings is 3. The van der Waals surface area contributed by atoms with Gasteiger partial charge in [0.1, 0.15) is 12.3 Å². The van der Waals surface area contributed by atoms with Crippen LogP contribution in [0.25, 0.3) is 0 Å². The minimum absolute atomic E-state index is 0.123. The van der Waals surface area contributed by atoms with E-state index in [1.165, 1.54) is 60.7 Å². The Labute approximate surface area is 200 Å². The van der Waals surface area contributed by atoms with Gasteiger partial charge in [0.2, 0.25) is 5.91 Å². The van der Waals surface area contributed by atoms with Gasteiger partial charge in [0.15, 0.2) is 0 Å². The Morgan fingerprint density at radius 2 is 1.62 bits per heavy atom. The lowest BCUT2D eigenvalue weighted by atomic mass is 10.1. The average Bonchev–Trinajstić information content (AvgIpc) is 2.78. The van der Waals surface area contributed by atoms with Gasteiger partial charge in [-0.15, -0.1) is 0 Å². The molecule has 0 radical (unpaired) electrons. The van der Waals surface area contributed by atoms with Crippen molar-refractivity contribution in [2.75, 3.05) is 22.8 Å². The number of carbonyl (C=O) groups excluding carboxylic acids is 1. The number of nitrogens with one attached hydrogen (secondary N) is 1. The molecule has 0 bridgehead atoms. The minimum Gasteiger partial charge on any atom is -0.494 e. The van der Waals surface area contributed by atoms with E-state index in [0.29, 0.717) is 17.4 Å². The Balaban J connectivity index is 1.96. The van der Waals surface area contributed by atoms with E-state index in [1.54, 1.807) is 6.92 Å². The number of rotatable bonds is 8. The van der Waals surface area contributed by atoms with E-state index in [0.717, 1.165) is 16.4 Å². The summed E-state index contributed by atoms with van der Waals surface area (Å²) in [5.74, 6) is -0.471. The number of nitrogens with zero attached hydrogens (tertiary/aromatic N) is 1. The maximum Gasteiger partial charge on any atom is 0.418 e. The smallest absolute Gasteiger partial charge is 0.418 e. The molecule has 34 heavy (non-hydrogen) atoms. The third-order valence-corrected chi connectivity index (χ3v) is 6.67.